The molecular formula is C11H14N4S. The van der Waals surface area contributed by atoms with Crippen molar-refractivity contribution in [3.63, 3.8) is 0 Å². The number of nitrogens with zero attached hydrogens (tertiary/aromatic N) is 2. The molecule has 0 unspecified atom stereocenters. The Bertz CT molecular complexity index is 410. The highest BCUT2D eigenvalue weighted by Crippen LogP contribution is 2.12. The molecule has 0 aliphatic heterocycles. The largest absolute Gasteiger partial charge is 0.384 e. The molecule has 0 aliphatic carbocycles. The van der Waals surface area contributed by atoms with E-state index in [2.05, 4.69) is 51.7 Å². The molecular weight excluding hydrogens is 220 g/mol. The van der Waals surface area contributed by atoms with E-state index >= 15 is 0 Å². The molecule has 16 heavy (non-hydrogen) atoms. The summed E-state index contributed by atoms with van der Waals surface area (Å²) in [4.78, 5) is 4.04. The van der Waals surface area contributed by atoms with E-state index in [1.54, 1.807) is 11.8 Å². The van der Waals surface area contributed by atoms with Crippen LogP contribution in [0.4, 0.5) is 5.69 Å². The fourth-order valence-corrected chi connectivity index (χ4v) is 1.91. The van der Waals surface area contributed by atoms with E-state index in [-0.39, 0.29) is 0 Å². The number of aromatic amines is 1. The summed E-state index contributed by atoms with van der Waals surface area (Å²) in [6.07, 6.45) is 1.52. The minimum atomic E-state index is 0.866. The number of thioether (sulfide) groups is 1. The predicted molar refractivity (Wildman–Crippen MR) is 66.8 cm³/mol. The zero-order chi connectivity index (χ0) is 11.2. The van der Waals surface area contributed by atoms with Crippen molar-refractivity contribution in [1.29, 1.82) is 0 Å². The van der Waals surface area contributed by atoms with Crippen molar-refractivity contribution in [2.45, 2.75) is 12.1 Å². The van der Waals surface area contributed by atoms with Gasteiger partial charge in [-0.25, -0.2) is 4.98 Å². The maximum atomic E-state index is 4.04. The maximum absolute atomic E-state index is 4.04. The van der Waals surface area contributed by atoms with Gasteiger partial charge in [-0.3, -0.25) is 5.10 Å². The molecule has 0 atom stereocenters. The Morgan fingerprint density at radius 1 is 1.31 bits per heavy atom. The summed E-state index contributed by atoms with van der Waals surface area (Å²) in [6, 6.07) is 8.39. The molecule has 0 fully saturated rings. The van der Waals surface area contributed by atoms with Crippen molar-refractivity contribution in [3.05, 3.63) is 36.2 Å². The Kier molecular flexibility index (Phi) is 3.82. The summed E-state index contributed by atoms with van der Waals surface area (Å²) >= 11 is 1.66. The van der Waals surface area contributed by atoms with Crippen LogP contribution >= 0.6 is 11.8 Å². The number of hydrogen-bond acceptors (Lipinski definition) is 4. The van der Waals surface area contributed by atoms with Gasteiger partial charge in [0.15, 0.2) is 5.16 Å². The predicted octanol–water partition coefficient (Wildman–Crippen LogP) is 2.32. The van der Waals surface area contributed by atoms with Crippen molar-refractivity contribution in [3.8, 4) is 0 Å². The van der Waals surface area contributed by atoms with Gasteiger partial charge in [0.05, 0.1) is 0 Å². The number of benzene rings is 1. The fourth-order valence-electron chi connectivity index (χ4n) is 1.28. The number of nitrogens with one attached hydrogen (secondary N) is 2. The van der Waals surface area contributed by atoms with Gasteiger partial charge >= 0.3 is 0 Å². The monoisotopic (exact) mass is 234 g/mol. The second kappa shape index (κ2) is 5.55. The van der Waals surface area contributed by atoms with Crippen LogP contribution in [-0.2, 0) is 0 Å². The van der Waals surface area contributed by atoms with Crippen LogP contribution in [0, 0.1) is 6.92 Å². The quantitative estimate of drug-likeness (QED) is 0.616. The maximum Gasteiger partial charge on any atom is 0.183 e. The van der Waals surface area contributed by atoms with Crippen LogP contribution < -0.4 is 5.32 Å². The standard InChI is InChI=1S/C11H14N4S/c1-9-2-4-10(5-3-9)12-6-7-16-11-13-8-14-15-11/h2-5,8,12H,6-7H2,1H3,(H,13,14,15). The molecule has 0 saturated carbocycles. The minimum absolute atomic E-state index is 0.866. The van der Waals surface area contributed by atoms with Crippen LogP contribution in [0.15, 0.2) is 35.7 Å². The smallest absolute Gasteiger partial charge is 0.183 e. The van der Waals surface area contributed by atoms with Gasteiger partial charge in [0, 0.05) is 18.0 Å². The Balaban J connectivity index is 1.70. The number of aryl methyl sites for hydroxylation is 1. The average molecular weight is 234 g/mol. The SMILES string of the molecule is Cc1ccc(NCCSc2ncn[nH]2)cc1. The first-order chi connectivity index (χ1) is 7.84. The molecule has 1 heterocycles. The molecule has 0 spiro atoms. The molecule has 4 nitrogen and oxygen atoms in total. The van der Waals surface area contributed by atoms with Crippen molar-refractivity contribution in [2.24, 2.45) is 0 Å². The summed E-state index contributed by atoms with van der Waals surface area (Å²) in [5.74, 6) is 0.961. The van der Waals surface area contributed by atoms with Crippen LogP contribution in [0.25, 0.3) is 0 Å². The molecule has 5 heteroatoms. The molecule has 2 N–H and O–H groups in total. The first-order valence-electron chi connectivity index (χ1n) is 5.13. The zero-order valence-electron chi connectivity index (χ0n) is 9.10. The van der Waals surface area contributed by atoms with Crippen LogP contribution in [-0.4, -0.2) is 27.5 Å². The van der Waals surface area contributed by atoms with E-state index in [1.807, 2.05) is 0 Å². The Labute approximate surface area is 98.9 Å². The highest BCUT2D eigenvalue weighted by Gasteiger charge is 1.96. The lowest BCUT2D eigenvalue weighted by Crippen LogP contribution is -2.03. The summed E-state index contributed by atoms with van der Waals surface area (Å²) < 4.78 is 0. The van der Waals surface area contributed by atoms with Gasteiger partial charge in [0.2, 0.25) is 0 Å². The van der Waals surface area contributed by atoms with Gasteiger partial charge in [-0.15, -0.1) is 0 Å². The first kappa shape index (κ1) is 11.0. The van der Waals surface area contributed by atoms with E-state index in [1.165, 1.54) is 11.9 Å². The van der Waals surface area contributed by atoms with Crippen molar-refractivity contribution in [2.75, 3.05) is 17.6 Å². The van der Waals surface area contributed by atoms with Crippen LogP contribution in [0.3, 0.4) is 0 Å². The zero-order valence-corrected chi connectivity index (χ0v) is 9.92. The summed E-state index contributed by atoms with van der Waals surface area (Å²) in [5, 5.41) is 10.8. The molecule has 2 rings (SSSR count). The van der Waals surface area contributed by atoms with Crippen molar-refractivity contribution < 1.29 is 0 Å². The molecule has 1 aromatic carbocycles. The lowest BCUT2D eigenvalue weighted by molar-refractivity contribution is 0.972. The van der Waals surface area contributed by atoms with Crippen molar-refractivity contribution >= 4 is 17.4 Å². The molecule has 0 amide bonds. The highest BCUT2D eigenvalue weighted by atomic mass is 32.2. The first-order valence-corrected chi connectivity index (χ1v) is 6.12. The molecule has 0 saturated heterocycles. The third-order valence-corrected chi connectivity index (χ3v) is 2.99. The van der Waals surface area contributed by atoms with Gasteiger partial charge in [-0.2, -0.15) is 5.10 Å². The van der Waals surface area contributed by atoms with E-state index in [0.29, 0.717) is 0 Å². The molecule has 0 aliphatic rings. The van der Waals surface area contributed by atoms with Gasteiger partial charge in [-0.1, -0.05) is 29.5 Å². The summed E-state index contributed by atoms with van der Waals surface area (Å²) in [6.45, 7) is 3.00. The second-order valence-electron chi connectivity index (χ2n) is 3.43. The normalized spacial score (nSPS) is 10.3. The minimum Gasteiger partial charge on any atom is -0.384 e. The number of rotatable bonds is 5. The summed E-state index contributed by atoms with van der Waals surface area (Å²) in [5.41, 5.74) is 2.44. The number of aromatic nitrogens is 3. The highest BCUT2D eigenvalue weighted by molar-refractivity contribution is 7.99. The number of H-pyrrole nitrogens is 1. The van der Waals surface area contributed by atoms with Gasteiger partial charge < -0.3 is 5.32 Å². The van der Waals surface area contributed by atoms with Crippen LogP contribution in [0.1, 0.15) is 5.56 Å². The topological polar surface area (TPSA) is 53.6 Å². The third-order valence-electron chi connectivity index (χ3n) is 2.11. The van der Waals surface area contributed by atoms with Gasteiger partial charge in [-0.05, 0) is 19.1 Å². The van der Waals surface area contributed by atoms with Gasteiger partial charge in [0.1, 0.15) is 6.33 Å². The van der Waals surface area contributed by atoms with E-state index in [0.717, 1.165) is 23.1 Å². The Morgan fingerprint density at radius 2 is 2.12 bits per heavy atom. The lowest BCUT2D eigenvalue weighted by atomic mass is 10.2. The van der Waals surface area contributed by atoms with E-state index in [4.69, 9.17) is 0 Å². The van der Waals surface area contributed by atoms with Gasteiger partial charge in [0.25, 0.3) is 0 Å². The second-order valence-corrected chi connectivity index (χ2v) is 4.52. The fraction of sp³-hybridized carbons (Fsp3) is 0.273. The van der Waals surface area contributed by atoms with Crippen molar-refractivity contribution in [1.82, 2.24) is 15.2 Å². The molecule has 1 aromatic heterocycles. The molecule has 0 bridgehead atoms. The molecule has 2 aromatic rings. The molecule has 0 radical (unpaired) electrons. The summed E-state index contributed by atoms with van der Waals surface area (Å²) in [7, 11) is 0. The van der Waals surface area contributed by atoms with E-state index < -0.39 is 0 Å². The Morgan fingerprint density at radius 3 is 2.81 bits per heavy atom. The van der Waals surface area contributed by atoms with E-state index in [9.17, 15) is 0 Å². The Hall–Kier alpha value is -1.49. The number of hydrogen-bond donors (Lipinski definition) is 2. The average Bonchev–Trinajstić information content (AvgIpc) is 2.80. The number of anilines is 1. The lowest BCUT2D eigenvalue weighted by Gasteiger charge is -2.05. The van der Waals surface area contributed by atoms with Crippen LogP contribution in [0.5, 0.6) is 0 Å². The third kappa shape index (κ3) is 3.27. The van der Waals surface area contributed by atoms with Crippen LogP contribution in [0.2, 0.25) is 0 Å². The molecule has 84 valence electrons.